The van der Waals surface area contributed by atoms with E-state index in [9.17, 15) is 9.59 Å². The number of ether oxygens (including phenoxy) is 1. The Kier molecular flexibility index (Phi) is 6.67. The average molecular weight is 386 g/mol. The van der Waals surface area contributed by atoms with Crippen LogP contribution in [0.2, 0.25) is 0 Å². The maximum absolute atomic E-state index is 13.0. The molecule has 3 rings (SSSR count). The minimum absolute atomic E-state index is 0.0669. The minimum atomic E-state index is 0.0669. The van der Waals surface area contributed by atoms with E-state index in [0.717, 1.165) is 53.3 Å². The van der Waals surface area contributed by atoms with Gasteiger partial charge in [-0.3, -0.25) is 9.59 Å². The van der Waals surface area contributed by atoms with Crippen molar-refractivity contribution in [2.75, 3.05) is 13.7 Å². The van der Waals surface area contributed by atoms with E-state index in [2.05, 4.69) is 12.1 Å². The Morgan fingerprint density at radius 1 is 1.07 bits per heavy atom. The van der Waals surface area contributed by atoms with Crippen LogP contribution in [-0.4, -0.2) is 30.2 Å². The van der Waals surface area contributed by atoms with Crippen molar-refractivity contribution in [3.63, 3.8) is 0 Å². The largest absolute Gasteiger partial charge is 0.497 e. The molecule has 1 saturated heterocycles. The van der Waals surface area contributed by atoms with Crippen molar-refractivity contribution in [3.05, 3.63) is 51.7 Å². The van der Waals surface area contributed by atoms with Crippen molar-refractivity contribution < 1.29 is 14.3 Å². The van der Waals surface area contributed by atoms with Gasteiger partial charge in [-0.2, -0.15) is 0 Å². The zero-order valence-corrected chi connectivity index (χ0v) is 16.9. The molecule has 0 radical (unpaired) electrons. The molecule has 1 fully saturated rings. The molecule has 1 aliphatic heterocycles. The second-order valence-corrected chi connectivity index (χ2v) is 8.35. The van der Waals surface area contributed by atoms with E-state index in [1.165, 1.54) is 11.3 Å². The molecule has 1 amide bonds. The maximum atomic E-state index is 13.0. The van der Waals surface area contributed by atoms with Crippen molar-refractivity contribution in [2.45, 2.75) is 51.5 Å². The number of carbonyl (C=O) groups excluding carboxylic acids is 2. The second kappa shape index (κ2) is 9.18. The number of benzene rings is 1. The third-order valence-electron chi connectivity index (χ3n) is 5.15. The first-order valence-electron chi connectivity index (χ1n) is 9.61. The summed E-state index contributed by atoms with van der Waals surface area (Å²) < 4.78 is 5.25. The van der Waals surface area contributed by atoms with Gasteiger partial charge in [0.2, 0.25) is 5.91 Å². The fourth-order valence-electron chi connectivity index (χ4n) is 3.65. The fourth-order valence-corrected chi connectivity index (χ4v) is 4.49. The number of amides is 1. The molecule has 5 heteroatoms. The number of Topliss-reactive ketones (excluding diaryl/α,β-unsaturated/α-hetero) is 1. The molecule has 2 aromatic rings. The zero-order valence-electron chi connectivity index (χ0n) is 16.1. The lowest BCUT2D eigenvalue weighted by Gasteiger charge is -2.30. The van der Waals surface area contributed by atoms with Crippen LogP contribution < -0.4 is 4.74 Å². The van der Waals surface area contributed by atoms with Crippen molar-refractivity contribution in [2.24, 2.45) is 0 Å². The van der Waals surface area contributed by atoms with Gasteiger partial charge in [0.25, 0.3) is 0 Å². The second-order valence-electron chi connectivity index (χ2n) is 7.06. The number of thiophene rings is 1. The molecule has 27 heavy (non-hydrogen) atoms. The van der Waals surface area contributed by atoms with Crippen LogP contribution in [0.3, 0.4) is 0 Å². The van der Waals surface area contributed by atoms with Crippen LogP contribution in [-0.2, 0) is 4.79 Å². The smallest absolute Gasteiger partial charge is 0.223 e. The number of hydrogen-bond donors (Lipinski definition) is 0. The molecule has 1 aromatic heterocycles. The molecular weight excluding hydrogens is 358 g/mol. The SMILES string of the molecule is COc1ccc([C@@H]2CCCCCN2C(=O)CCC(=O)c2ccc(C)s2)cc1. The van der Waals surface area contributed by atoms with Crippen LogP contribution in [0.25, 0.3) is 0 Å². The molecule has 0 saturated carbocycles. The maximum Gasteiger partial charge on any atom is 0.223 e. The molecule has 0 unspecified atom stereocenters. The Morgan fingerprint density at radius 2 is 1.85 bits per heavy atom. The van der Waals surface area contributed by atoms with Crippen LogP contribution in [0.15, 0.2) is 36.4 Å². The molecule has 1 atom stereocenters. The zero-order chi connectivity index (χ0) is 19.2. The number of nitrogens with zero attached hydrogens (tertiary/aromatic N) is 1. The van der Waals surface area contributed by atoms with Gasteiger partial charge in [-0.25, -0.2) is 0 Å². The fraction of sp³-hybridized carbons (Fsp3) is 0.455. The first kappa shape index (κ1) is 19.6. The quantitative estimate of drug-likeness (QED) is 0.644. The van der Waals surface area contributed by atoms with E-state index in [-0.39, 0.29) is 30.6 Å². The number of likely N-dealkylation sites (tertiary alicyclic amines) is 1. The number of ketones is 1. The highest BCUT2D eigenvalue weighted by Crippen LogP contribution is 2.32. The van der Waals surface area contributed by atoms with Gasteiger partial charge < -0.3 is 9.64 Å². The van der Waals surface area contributed by atoms with Crippen LogP contribution in [0.1, 0.15) is 64.7 Å². The van der Waals surface area contributed by atoms with E-state index in [0.29, 0.717) is 0 Å². The van der Waals surface area contributed by atoms with Gasteiger partial charge in [0.15, 0.2) is 5.78 Å². The Balaban J connectivity index is 1.68. The minimum Gasteiger partial charge on any atom is -0.497 e. The lowest BCUT2D eigenvalue weighted by Crippen LogP contribution is -2.35. The Hall–Kier alpha value is -2.14. The topological polar surface area (TPSA) is 46.6 Å². The van der Waals surface area contributed by atoms with Gasteiger partial charge in [-0.15, -0.1) is 11.3 Å². The Morgan fingerprint density at radius 3 is 2.52 bits per heavy atom. The third-order valence-corrected chi connectivity index (χ3v) is 6.20. The number of methoxy groups -OCH3 is 1. The molecule has 0 aliphatic carbocycles. The lowest BCUT2D eigenvalue weighted by molar-refractivity contribution is -0.133. The number of hydrogen-bond acceptors (Lipinski definition) is 4. The molecule has 0 bridgehead atoms. The van der Waals surface area contributed by atoms with Gasteiger partial charge in [-0.05, 0) is 49.6 Å². The highest BCUT2D eigenvalue weighted by atomic mass is 32.1. The molecule has 1 aromatic carbocycles. The van der Waals surface area contributed by atoms with Gasteiger partial charge >= 0.3 is 0 Å². The van der Waals surface area contributed by atoms with Crippen molar-refractivity contribution in [1.29, 1.82) is 0 Å². The highest BCUT2D eigenvalue weighted by molar-refractivity contribution is 7.14. The van der Waals surface area contributed by atoms with E-state index in [1.807, 2.05) is 36.1 Å². The van der Waals surface area contributed by atoms with Crippen LogP contribution in [0.5, 0.6) is 5.75 Å². The standard InChI is InChI=1S/C22H27NO3S/c1-16-7-13-21(27-16)20(24)12-14-22(25)23-15-5-3-4-6-19(23)17-8-10-18(26-2)11-9-17/h7-11,13,19H,3-6,12,14-15H2,1-2H3/t19-/m0/s1. The molecule has 144 valence electrons. The summed E-state index contributed by atoms with van der Waals surface area (Å²) in [4.78, 5) is 29.2. The average Bonchev–Trinajstić information content (AvgIpc) is 2.98. The summed E-state index contributed by atoms with van der Waals surface area (Å²) in [6, 6.07) is 11.9. The van der Waals surface area contributed by atoms with Crippen molar-refractivity contribution in [3.8, 4) is 5.75 Å². The summed E-state index contributed by atoms with van der Waals surface area (Å²) in [5.74, 6) is 0.971. The van der Waals surface area contributed by atoms with E-state index >= 15 is 0 Å². The molecule has 1 aliphatic rings. The van der Waals surface area contributed by atoms with E-state index in [1.54, 1.807) is 7.11 Å². The van der Waals surface area contributed by atoms with Crippen LogP contribution in [0, 0.1) is 6.92 Å². The molecule has 4 nitrogen and oxygen atoms in total. The van der Waals surface area contributed by atoms with Crippen molar-refractivity contribution in [1.82, 2.24) is 4.90 Å². The molecule has 0 N–H and O–H groups in total. The monoisotopic (exact) mass is 385 g/mol. The summed E-state index contributed by atoms with van der Waals surface area (Å²) in [6.07, 6.45) is 4.82. The molecule has 2 heterocycles. The van der Waals surface area contributed by atoms with Crippen LogP contribution >= 0.6 is 11.3 Å². The Labute approximate surface area is 165 Å². The normalized spacial score (nSPS) is 17.4. The van der Waals surface area contributed by atoms with Crippen LogP contribution in [0.4, 0.5) is 0 Å². The highest BCUT2D eigenvalue weighted by Gasteiger charge is 2.27. The van der Waals surface area contributed by atoms with E-state index < -0.39 is 0 Å². The third kappa shape index (κ3) is 4.98. The van der Waals surface area contributed by atoms with Gasteiger partial charge in [-0.1, -0.05) is 25.0 Å². The summed E-state index contributed by atoms with van der Waals surface area (Å²) >= 11 is 1.50. The summed E-state index contributed by atoms with van der Waals surface area (Å²) in [5, 5.41) is 0. The number of aryl methyl sites for hydroxylation is 1. The van der Waals surface area contributed by atoms with E-state index in [4.69, 9.17) is 4.74 Å². The lowest BCUT2D eigenvalue weighted by atomic mass is 10.00. The molecule has 0 spiro atoms. The summed E-state index contributed by atoms with van der Waals surface area (Å²) in [5.41, 5.74) is 1.14. The van der Waals surface area contributed by atoms with Gasteiger partial charge in [0, 0.05) is 24.3 Å². The number of rotatable bonds is 6. The first-order chi connectivity index (χ1) is 13.1. The predicted molar refractivity (Wildman–Crippen MR) is 109 cm³/mol. The van der Waals surface area contributed by atoms with Crippen molar-refractivity contribution >= 4 is 23.0 Å². The van der Waals surface area contributed by atoms with Gasteiger partial charge in [0.05, 0.1) is 18.0 Å². The number of carbonyl (C=O) groups is 2. The van der Waals surface area contributed by atoms with Gasteiger partial charge in [0.1, 0.15) is 5.75 Å². The summed E-state index contributed by atoms with van der Waals surface area (Å²) in [6.45, 7) is 2.76. The first-order valence-corrected chi connectivity index (χ1v) is 10.4. The molecular formula is C22H27NO3S. The summed E-state index contributed by atoms with van der Waals surface area (Å²) in [7, 11) is 1.66. The Bertz CT molecular complexity index is 781. The predicted octanol–water partition coefficient (Wildman–Crippen LogP) is 5.17.